The number of rotatable bonds is 9. The number of ether oxygens (including phenoxy) is 1. The van der Waals surface area contributed by atoms with Gasteiger partial charge in [-0.2, -0.15) is 4.31 Å². The van der Waals surface area contributed by atoms with Gasteiger partial charge in [-0.15, -0.1) is 5.10 Å². The molecule has 0 saturated carbocycles. The second-order valence-electron chi connectivity index (χ2n) is 10.3. The molecular formula is C27H41N6O4S+. The minimum Gasteiger partial charge on any atom is -0.493 e. The van der Waals surface area contributed by atoms with Crippen molar-refractivity contribution in [2.45, 2.75) is 78.3 Å². The fraction of sp³-hybridized carbons (Fsp3) is 0.593. The van der Waals surface area contributed by atoms with Crippen LogP contribution in [-0.2, 0) is 16.4 Å². The van der Waals surface area contributed by atoms with E-state index in [1.54, 1.807) is 33.9 Å². The Balaban J connectivity index is 1.81. The standard InChI is InChI=1S/C27H40N6O4S/c1-8-12-24-28-20(7)25-27(34)29-26(30-32(24)25)22-15-21(13-14-23(22)37-11-4)38(35,36)31-16-18(5)33(9-2,10-3)19(6)17-31/h13-15,18-19H,8-12,16-17H2,1-7H3/p+1/t18-,19+. The Hall–Kier alpha value is -2.76. The van der Waals surface area contributed by atoms with Crippen LogP contribution >= 0.6 is 0 Å². The van der Waals surface area contributed by atoms with Crippen molar-refractivity contribution in [3.8, 4) is 17.1 Å². The van der Waals surface area contributed by atoms with Gasteiger partial charge < -0.3 is 14.2 Å². The lowest BCUT2D eigenvalue weighted by Crippen LogP contribution is -2.69. The van der Waals surface area contributed by atoms with Crippen LogP contribution in [0.2, 0.25) is 0 Å². The molecule has 1 aliphatic rings. The number of benzene rings is 1. The summed E-state index contributed by atoms with van der Waals surface area (Å²) in [6.45, 7) is 17.5. The Labute approximate surface area is 225 Å². The number of nitrogens with one attached hydrogen (secondary N) is 1. The third-order valence-electron chi connectivity index (χ3n) is 8.23. The van der Waals surface area contributed by atoms with Gasteiger partial charge in [-0.25, -0.2) is 17.9 Å². The van der Waals surface area contributed by atoms with Crippen molar-refractivity contribution in [3.05, 3.63) is 40.1 Å². The first-order valence-electron chi connectivity index (χ1n) is 13.7. The Morgan fingerprint density at radius 2 is 1.76 bits per heavy atom. The Kier molecular flexibility index (Phi) is 8.02. The molecule has 3 heterocycles. The molecule has 208 valence electrons. The van der Waals surface area contributed by atoms with Gasteiger partial charge in [0.15, 0.2) is 11.3 Å². The van der Waals surface area contributed by atoms with Crippen molar-refractivity contribution < 1.29 is 17.6 Å². The lowest BCUT2D eigenvalue weighted by atomic mass is 10.0. The van der Waals surface area contributed by atoms with Gasteiger partial charge in [-0.1, -0.05) is 6.92 Å². The fourth-order valence-electron chi connectivity index (χ4n) is 6.12. The molecule has 4 rings (SSSR count). The second kappa shape index (κ2) is 10.8. The Bertz CT molecular complexity index is 1460. The fourth-order valence-corrected chi connectivity index (χ4v) is 7.75. The molecule has 1 aromatic carbocycles. The van der Waals surface area contributed by atoms with Gasteiger partial charge in [0.1, 0.15) is 23.7 Å². The quantitative estimate of drug-likeness (QED) is 0.413. The number of quaternary nitrogens is 1. The van der Waals surface area contributed by atoms with Crippen LogP contribution < -0.4 is 10.3 Å². The highest BCUT2D eigenvalue weighted by Crippen LogP contribution is 2.34. The summed E-state index contributed by atoms with van der Waals surface area (Å²) >= 11 is 0. The Morgan fingerprint density at radius 1 is 1.11 bits per heavy atom. The Morgan fingerprint density at radius 3 is 2.34 bits per heavy atom. The number of aryl methyl sites for hydroxylation is 2. The van der Waals surface area contributed by atoms with Crippen LogP contribution in [0.1, 0.15) is 59.5 Å². The monoisotopic (exact) mass is 545 g/mol. The number of H-pyrrole nitrogens is 1. The lowest BCUT2D eigenvalue weighted by molar-refractivity contribution is -0.970. The highest BCUT2D eigenvalue weighted by atomic mass is 32.2. The van der Waals surface area contributed by atoms with E-state index >= 15 is 0 Å². The topological polar surface area (TPSA) is 110 Å². The molecule has 0 aliphatic carbocycles. The third kappa shape index (κ3) is 4.65. The maximum Gasteiger partial charge on any atom is 0.277 e. The van der Waals surface area contributed by atoms with E-state index in [4.69, 9.17) is 9.84 Å². The highest BCUT2D eigenvalue weighted by molar-refractivity contribution is 7.89. The molecule has 2 aromatic heterocycles. The first kappa shape index (κ1) is 28.3. The van der Waals surface area contributed by atoms with Gasteiger partial charge in [-0.3, -0.25) is 4.79 Å². The van der Waals surface area contributed by atoms with Gasteiger partial charge >= 0.3 is 0 Å². The van der Waals surface area contributed by atoms with E-state index in [9.17, 15) is 13.2 Å². The van der Waals surface area contributed by atoms with Crippen molar-refractivity contribution in [2.24, 2.45) is 0 Å². The van der Waals surface area contributed by atoms with E-state index in [-0.39, 0.29) is 28.4 Å². The van der Waals surface area contributed by atoms with Crippen LogP contribution in [0.3, 0.4) is 0 Å². The summed E-state index contributed by atoms with van der Waals surface area (Å²) in [6, 6.07) is 5.15. The predicted molar refractivity (Wildman–Crippen MR) is 148 cm³/mol. The summed E-state index contributed by atoms with van der Waals surface area (Å²) in [4.78, 5) is 20.6. The summed E-state index contributed by atoms with van der Waals surface area (Å²) in [5.41, 5.74) is 1.09. The molecular weight excluding hydrogens is 504 g/mol. The molecule has 2 atom stereocenters. The zero-order chi connectivity index (χ0) is 27.8. The van der Waals surface area contributed by atoms with Crippen LogP contribution in [0.4, 0.5) is 0 Å². The van der Waals surface area contributed by atoms with Crippen molar-refractivity contribution in [3.63, 3.8) is 0 Å². The first-order valence-corrected chi connectivity index (χ1v) is 15.1. The zero-order valence-corrected chi connectivity index (χ0v) is 24.4. The number of aromatic nitrogens is 4. The van der Waals surface area contributed by atoms with E-state index < -0.39 is 10.0 Å². The van der Waals surface area contributed by atoms with E-state index in [1.165, 1.54) is 0 Å². The van der Waals surface area contributed by atoms with Gasteiger partial charge in [0.25, 0.3) is 5.56 Å². The summed E-state index contributed by atoms with van der Waals surface area (Å²) in [5.74, 6) is 1.39. The molecule has 11 heteroatoms. The predicted octanol–water partition coefficient (Wildman–Crippen LogP) is 3.38. The molecule has 0 spiro atoms. The van der Waals surface area contributed by atoms with Gasteiger partial charge in [-0.05, 0) is 66.2 Å². The summed E-state index contributed by atoms with van der Waals surface area (Å²) in [6.07, 6.45) is 1.52. The zero-order valence-electron chi connectivity index (χ0n) is 23.6. The smallest absolute Gasteiger partial charge is 0.277 e. The average Bonchev–Trinajstić information content (AvgIpc) is 3.20. The summed E-state index contributed by atoms with van der Waals surface area (Å²) < 4.78 is 37.7. The number of fused-ring (bicyclic) bond motifs is 1. The van der Waals surface area contributed by atoms with Crippen molar-refractivity contribution in [2.75, 3.05) is 32.8 Å². The second-order valence-corrected chi connectivity index (χ2v) is 12.2. The van der Waals surface area contributed by atoms with Crippen LogP contribution in [-0.4, -0.2) is 81.7 Å². The highest BCUT2D eigenvalue weighted by Gasteiger charge is 2.45. The minimum absolute atomic E-state index is 0.154. The average molecular weight is 546 g/mol. The number of piperazine rings is 1. The molecule has 0 unspecified atom stereocenters. The SMILES string of the molecule is CCCc1nc(C)c2c(=O)[nH]c(-c3cc(S(=O)(=O)N4C[C@@H](C)[N+](CC)(CC)[C@@H](C)C4)ccc3OCC)nn12. The van der Waals surface area contributed by atoms with E-state index in [2.05, 4.69) is 37.7 Å². The molecule has 1 N–H and O–H groups in total. The number of hydrogen-bond acceptors (Lipinski definition) is 6. The molecule has 10 nitrogen and oxygen atoms in total. The first-order chi connectivity index (χ1) is 18.0. The van der Waals surface area contributed by atoms with E-state index in [0.29, 0.717) is 54.5 Å². The van der Waals surface area contributed by atoms with Crippen LogP contribution in [0.5, 0.6) is 5.75 Å². The summed E-state index contributed by atoms with van der Waals surface area (Å²) in [7, 11) is -3.79. The molecule has 1 aliphatic heterocycles. The van der Waals surface area contributed by atoms with E-state index in [0.717, 1.165) is 24.0 Å². The minimum atomic E-state index is -3.79. The molecule has 3 aromatic rings. The van der Waals surface area contributed by atoms with Gasteiger partial charge in [0.05, 0.1) is 48.9 Å². The molecule has 0 bridgehead atoms. The summed E-state index contributed by atoms with van der Waals surface area (Å²) in [5, 5.41) is 4.70. The van der Waals surface area contributed by atoms with Crippen molar-refractivity contribution in [1.82, 2.24) is 23.9 Å². The third-order valence-corrected chi connectivity index (χ3v) is 10.1. The van der Waals surface area contributed by atoms with Crippen LogP contribution in [0, 0.1) is 6.92 Å². The molecule has 0 radical (unpaired) electrons. The number of likely N-dealkylation sites (N-methyl/N-ethyl adjacent to an activating group) is 1. The van der Waals surface area contributed by atoms with E-state index in [1.807, 2.05) is 13.8 Å². The molecule has 1 fully saturated rings. The van der Waals surface area contributed by atoms with Crippen LogP contribution in [0.15, 0.2) is 27.9 Å². The molecule has 0 amide bonds. The lowest BCUT2D eigenvalue weighted by Gasteiger charge is -2.52. The number of imidazole rings is 1. The molecule has 1 saturated heterocycles. The van der Waals surface area contributed by atoms with Crippen LogP contribution in [0.25, 0.3) is 16.9 Å². The van der Waals surface area contributed by atoms with Crippen molar-refractivity contribution >= 4 is 15.5 Å². The number of aromatic amines is 1. The molecule has 38 heavy (non-hydrogen) atoms. The van der Waals surface area contributed by atoms with Crippen molar-refractivity contribution in [1.29, 1.82) is 0 Å². The number of hydrogen-bond donors (Lipinski definition) is 1. The maximum absolute atomic E-state index is 13.9. The maximum atomic E-state index is 13.9. The van der Waals surface area contributed by atoms with Gasteiger partial charge in [0, 0.05) is 6.42 Å². The normalized spacial score (nSPS) is 20.2. The largest absolute Gasteiger partial charge is 0.493 e. The number of nitrogens with zero attached hydrogens (tertiary/aromatic N) is 5. The van der Waals surface area contributed by atoms with Gasteiger partial charge in [0.2, 0.25) is 10.0 Å². The number of sulfonamides is 1.